The van der Waals surface area contributed by atoms with Crippen LogP contribution in [0.3, 0.4) is 0 Å². The van der Waals surface area contributed by atoms with Crippen molar-refractivity contribution in [2.24, 2.45) is 0 Å². The molecule has 0 fully saturated rings. The van der Waals surface area contributed by atoms with Gasteiger partial charge in [0.15, 0.2) is 0 Å². The monoisotopic (exact) mass is 404 g/mol. The first kappa shape index (κ1) is 18.6. The number of benzene rings is 2. The summed E-state index contributed by atoms with van der Waals surface area (Å²) in [5.41, 5.74) is 0.936. The second-order valence-corrected chi connectivity index (χ2v) is 6.12. The third-order valence-corrected chi connectivity index (χ3v) is 3.71. The zero-order chi connectivity index (χ0) is 19.4. The number of amides is 1. The van der Waals surface area contributed by atoms with E-state index < -0.39 is 10.8 Å². The van der Waals surface area contributed by atoms with Crippen molar-refractivity contribution in [3.05, 3.63) is 74.3 Å². The fourth-order valence-electron chi connectivity index (χ4n) is 2.13. The van der Waals surface area contributed by atoms with Gasteiger partial charge in [-0.2, -0.15) is 0 Å². The Labute approximate surface area is 162 Å². The average molecular weight is 405 g/mol. The first-order chi connectivity index (χ1) is 12.9. The summed E-state index contributed by atoms with van der Waals surface area (Å²) >= 11 is 11.9. The van der Waals surface area contributed by atoms with Crippen LogP contribution in [0, 0.1) is 10.1 Å². The summed E-state index contributed by atoms with van der Waals surface area (Å²) in [5.74, 6) is -0.404. The molecule has 2 aromatic carbocycles. The van der Waals surface area contributed by atoms with E-state index in [4.69, 9.17) is 27.6 Å². The van der Waals surface area contributed by atoms with E-state index in [-0.39, 0.29) is 17.6 Å². The first-order valence-corrected chi connectivity index (χ1v) is 8.20. The summed E-state index contributed by atoms with van der Waals surface area (Å²) in [6.45, 7) is 0. The Morgan fingerprint density at radius 2 is 1.89 bits per heavy atom. The highest BCUT2D eigenvalue weighted by atomic mass is 35.5. The second kappa shape index (κ2) is 7.98. The maximum Gasteiger partial charge on any atom is 0.322 e. The van der Waals surface area contributed by atoms with Gasteiger partial charge in [-0.25, -0.2) is 0 Å². The lowest BCUT2D eigenvalue weighted by atomic mass is 10.2. The van der Waals surface area contributed by atoms with E-state index in [1.54, 1.807) is 24.3 Å². The van der Waals surface area contributed by atoms with Gasteiger partial charge < -0.3 is 4.42 Å². The van der Waals surface area contributed by atoms with Gasteiger partial charge in [-0.1, -0.05) is 40.4 Å². The van der Waals surface area contributed by atoms with Gasteiger partial charge in [0.25, 0.3) is 11.6 Å². The molecule has 0 aliphatic carbocycles. The Morgan fingerprint density at radius 3 is 2.59 bits per heavy atom. The molecule has 0 saturated heterocycles. The minimum atomic E-state index is -0.541. The number of hydrogen-bond donors (Lipinski definition) is 1. The lowest BCUT2D eigenvalue weighted by Gasteiger charge is -1.98. The fourth-order valence-corrected chi connectivity index (χ4v) is 2.65. The number of nitrogens with one attached hydrogen (secondary N) is 1. The molecule has 1 N–H and O–H groups in total. The number of rotatable bonds is 5. The molecule has 0 aliphatic rings. The fraction of sp³-hybridized carbons (Fsp3) is 0. The predicted octanol–water partition coefficient (Wildman–Crippen LogP) is 4.60. The highest BCUT2D eigenvalue weighted by molar-refractivity contribution is 6.35. The maximum absolute atomic E-state index is 12.0. The summed E-state index contributed by atoms with van der Waals surface area (Å²) in [6.07, 6.45) is 2.62. The van der Waals surface area contributed by atoms with Gasteiger partial charge in [0.05, 0.1) is 4.92 Å². The van der Waals surface area contributed by atoms with Crippen molar-refractivity contribution >= 4 is 46.9 Å². The molecule has 0 atom stereocenters. The van der Waals surface area contributed by atoms with Gasteiger partial charge in [0.1, 0.15) is 0 Å². The van der Waals surface area contributed by atoms with Crippen molar-refractivity contribution in [2.75, 3.05) is 5.32 Å². The average Bonchev–Trinajstić information content (AvgIpc) is 3.08. The molecule has 8 nitrogen and oxygen atoms in total. The molecule has 0 radical (unpaired) electrons. The Bertz CT molecular complexity index is 1030. The summed E-state index contributed by atoms with van der Waals surface area (Å²) < 4.78 is 5.36. The molecule has 27 heavy (non-hydrogen) atoms. The lowest BCUT2D eigenvalue weighted by Crippen LogP contribution is -2.07. The molecule has 0 bridgehead atoms. The lowest BCUT2D eigenvalue weighted by molar-refractivity contribution is -0.384. The SMILES string of the molecule is O=C(/C=C/c1cccc([N+](=O)[O-])c1)Nc1nnc(-c2cc(Cl)cc(Cl)c2)o1. The number of nitrogens with zero attached hydrogens (tertiary/aromatic N) is 3. The molecule has 1 heterocycles. The number of carbonyl (C=O) groups is 1. The Balaban J connectivity index is 1.69. The Kier molecular flexibility index (Phi) is 5.49. The van der Waals surface area contributed by atoms with Crippen LogP contribution in [-0.2, 0) is 4.79 Å². The third-order valence-electron chi connectivity index (χ3n) is 3.27. The van der Waals surface area contributed by atoms with Crippen LogP contribution in [0.15, 0.2) is 53.0 Å². The number of nitro groups is 1. The van der Waals surface area contributed by atoms with Gasteiger partial charge in [0.2, 0.25) is 5.89 Å². The van der Waals surface area contributed by atoms with E-state index in [1.807, 2.05) is 0 Å². The standard InChI is InChI=1S/C17H10Cl2N4O4/c18-12-7-11(8-13(19)9-12)16-21-22-17(27-16)20-15(24)5-4-10-2-1-3-14(6-10)23(25)26/h1-9H,(H,20,22,24)/b5-4+. The topological polar surface area (TPSA) is 111 Å². The van der Waals surface area contributed by atoms with Crippen molar-refractivity contribution in [1.82, 2.24) is 10.2 Å². The molecule has 0 unspecified atom stereocenters. The largest absolute Gasteiger partial charge is 0.403 e. The summed E-state index contributed by atoms with van der Waals surface area (Å²) in [5, 5.41) is 21.5. The van der Waals surface area contributed by atoms with Crippen LogP contribution in [0.5, 0.6) is 0 Å². The van der Waals surface area contributed by atoms with Crippen molar-refractivity contribution in [3.63, 3.8) is 0 Å². The van der Waals surface area contributed by atoms with Gasteiger partial charge in [-0.3, -0.25) is 20.2 Å². The molecule has 3 rings (SSSR count). The number of carbonyl (C=O) groups excluding carboxylic acids is 1. The Hall–Kier alpha value is -3.23. The van der Waals surface area contributed by atoms with Crippen LogP contribution in [0.4, 0.5) is 11.7 Å². The minimum absolute atomic E-state index is 0.0701. The minimum Gasteiger partial charge on any atom is -0.403 e. The van der Waals surface area contributed by atoms with E-state index in [0.717, 1.165) is 0 Å². The quantitative estimate of drug-likeness (QED) is 0.377. The smallest absolute Gasteiger partial charge is 0.322 e. The molecule has 136 valence electrons. The highest BCUT2D eigenvalue weighted by Gasteiger charge is 2.11. The van der Waals surface area contributed by atoms with Crippen molar-refractivity contribution < 1.29 is 14.1 Å². The third kappa shape index (κ3) is 4.90. The molecular weight excluding hydrogens is 395 g/mol. The van der Waals surface area contributed by atoms with E-state index in [9.17, 15) is 14.9 Å². The molecule has 0 aliphatic heterocycles. The number of nitro benzene ring substituents is 1. The van der Waals surface area contributed by atoms with Crippen molar-refractivity contribution in [2.45, 2.75) is 0 Å². The Morgan fingerprint density at radius 1 is 1.15 bits per heavy atom. The van der Waals surface area contributed by atoms with Gasteiger partial charge in [-0.15, -0.1) is 5.10 Å². The van der Waals surface area contributed by atoms with E-state index in [2.05, 4.69) is 15.5 Å². The molecular formula is C17H10Cl2N4O4. The zero-order valence-electron chi connectivity index (χ0n) is 13.4. The van der Waals surface area contributed by atoms with Crippen LogP contribution in [0.1, 0.15) is 5.56 Å². The number of aromatic nitrogens is 2. The first-order valence-electron chi connectivity index (χ1n) is 7.44. The van der Waals surface area contributed by atoms with E-state index in [1.165, 1.54) is 30.4 Å². The van der Waals surface area contributed by atoms with Crippen LogP contribution in [0.25, 0.3) is 17.5 Å². The molecule has 0 saturated carbocycles. The number of non-ortho nitro benzene ring substituents is 1. The highest BCUT2D eigenvalue weighted by Crippen LogP contribution is 2.27. The van der Waals surface area contributed by atoms with Gasteiger partial charge in [-0.05, 0) is 29.8 Å². The second-order valence-electron chi connectivity index (χ2n) is 5.25. The van der Waals surface area contributed by atoms with Crippen LogP contribution in [0.2, 0.25) is 10.0 Å². The van der Waals surface area contributed by atoms with E-state index >= 15 is 0 Å². The van der Waals surface area contributed by atoms with E-state index in [0.29, 0.717) is 21.2 Å². The number of anilines is 1. The van der Waals surface area contributed by atoms with Crippen molar-refractivity contribution in [1.29, 1.82) is 0 Å². The normalized spacial score (nSPS) is 10.9. The number of hydrogen-bond acceptors (Lipinski definition) is 6. The van der Waals surface area contributed by atoms with Crippen LogP contribution in [-0.4, -0.2) is 21.0 Å². The summed E-state index contributed by atoms with van der Waals surface area (Å²) in [4.78, 5) is 22.2. The zero-order valence-corrected chi connectivity index (χ0v) is 14.9. The summed E-state index contributed by atoms with van der Waals surface area (Å²) in [7, 11) is 0. The van der Waals surface area contributed by atoms with Gasteiger partial charge in [0, 0.05) is 33.8 Å². The number of halogens is 2. The molecule has 0 spiro atoms. The molecule has 1 aromatic heterocycles. The van der Waals surface area contributed by atoms with Crippen LogP contribution >= 0.6 is 23.2 Å². The summed E-state index contributed by atoms with van der Waals surface area (Å²) in [6, 6.07) is 10.5. The maximum atomic E-state index is 12.0. The van der Waals surface area contributed by atoms with Crippen molar-refractivity contribution in [3.8, 4) is 11.5 Å². The molecule has 10 heteroatoms. The van der Waals surface area contributed by atoms with Gasteiger partial charge >= 0.3 is 6.01 Å². The van der Waals surface area contributed by atoms with Crippen LogP contribution < -0.4 is 5.32 Å². The molecule has 3 aromatic rings. The molecule has 1 amide bonds. The predicted molar refractivity (Wildman–Crippen MR) is 101 cm³/mol.